The maximum absolute atomic E-state index is 13.0. The molecule has 1 saturated carbocycles. The van der Waals surface area contributed by atoms with Crippen molar-refractivity contribution in [2.75, 3.05) is 0 Å². The highest BCUT2D eigenvalue weighted by Gasteiger charge is 2.47. The molecule has 2 nitrogen and oxygen atoms in total. The number of hydrogen-bond donors (Lipinski definition) is 0. The molecule has 0 unspecified atom stereocenters. The number of ketones is 1. The van der Waals surface area contributed by atoms with E-state index in [0.29, 0.717) is 17.6 Å². The van der Waals surface area contributed by atoms with Gasteiger partial charge in [-0.1, -0.05) is 64.7 Å². The van der Waals surface area contributed by atoms with Crippen LogP contribution in [0.3, 0.4) is 0 Å². The largest absolute Gasteiger partial charge is 0.465 e. The van der Waals surface area contributed by atoms with Gasteiger partial charge in [0.05, 0.1) is 5.92 Å². The first-order chi connectivity index (χ1) is 11.5. The Bertz CT molecular complexity index is 577. The Morgan fingerprint density at radius 1 is 1.04 bits per heavy atom. The van der Waals surface area contributed by atoms with E-state index in [2.05, 4.69) is 58.3 Å². The number of carbonyl (C=O) groups excluding carboxylic acids is 1. The van der Waals surface area contributed by atoms with Gasteiger partial charge in [-0.25, -0.2) is 0 Å². The Labute approximate surface area is 156 Å². The molecule has 0 amide bonds. The van der Waals surface area contributed by atoms with E-state index in [1.165, 1.54) is 18.5 Å². The van der Waals surface area contributed by atoms with Crippen LogP contribution in [-0.2, 0) is 11.2 Å². The zero-order valence-electron chi connectivity index (χ0n) is 17.4. The minimum Gasteiger partial charge on any atom is -0.465 e. The summed E-state index contributed by atoms with van der Waals surface area (Å²) in [7, 11) is -2.42. The van der Waals surface area contributed by atoms with Crippen molar-refractivity contribution < 1.29 is 9.21 Å². The highest BCUT2D eigenvalue weighted by molar-refractivity contribution is 6.76. The normalized spacial score (nSPS) is 24.9. The van der Waals surface area contributed by atoms with Gasteiger partial charge in [0, 0.05) is 29.0 Å². The Kier molecular flexibility index (Phi) is 6.58. The van der Waals surface area contributed by atoms with Gasteiger partial charge in [-0.05, 0) is 30.4 Å². The number of carbonyl (C=O) groups is 1. The minimum atomic E-state index is -1.24. The molecule has 1 heterocycles. The Morgan fingerprint density at radius 2 is 1.68 bits per heavy atom. The van der Waals surface area contributed by atoms with Crippen LogP contribution in [0, 0.1) is 11.8 Å². The predicted octanol–water partition coefficient (Wildman–Crippen LogP) is 6.59. The summed E-state index contributed by atoms with van der Waals surface area (Å²) in [5.41, 5.74) is 0. The topological polar surface area (TPSA) is 30.2 Å². The Balaban J connectivity index is 2.26. The summed E-state index contributed by atoms with van der Waals surface area (Å²) >= 11 is 0. The third-order valence-corrected chi connectivity index (χ3v) is 8.78. The number of Topliss-reactive ketones (excluding diaryl/α,β-unsaturated/α-hetero) is 1. The van der Waals surface area contributed by atoms with E-state index in [0.717, 1.165) is 30.8 Å². The predicted molar refractivity (Wildman–Crippen MR) is 113 cm³/mol. The molecule has 0 N–H and O–H groups in total. The summed E-state index contributed by atoms with van der Waals surface area (Å²) in [6, 6.07) is 6.72. The van der Waals surface area contributed by atoms with Gasteiger partial charge in [0.1, 0.15) is 17.3 Å². The first-order valence-corrected chi connectivity index (χ1v) is 17.5. The van der Waals surface area contributed by atoms with Crippen molar-refractivity contribution in [3.63, 3.8) is 0 Å². The number of unbranched alkanes of at least 4 members (excludes halogenated alkanes) is 1. The van der Waals surface area contributed by atoms with Gasteiger partial charge >= 0.3 is 0 Å². The van der Waals surface area contributed by atoms with Crippen molar-refractivity contribution in [2.24, 2.45) is 11.8 Å². The van der Waals surface area contributed by atoms with E-state index >= 15 is 0 Å². The Morgan fingerprint density at radius 3 is 2.24 bits per heavy atom. The second-order valence-electron chi connectivity index (χ2n) is 10.5. The van der Waals surface area contributed by atoms with E-state index < -0.39 is 16.1 Å². The van der Waals surface area contributed by atoms with Crippen LogP contribution in [0.4, 0.5) is 0 Å². The molecule has 1 aromatic heterocycles. The maximum atomic E-state index is 13.0. The van der Waals surface area contributed by atoms with Crippen LogP contribution in [0.5, 0.6) is 0 Å². The first-order valence-electron chi connectivity index (χ1n) is 10.1. The summed E-state index contributed by atoms with van der Waals surface area (Å²) in [6.07, 6.45) is 4.10. The van der Waals surface area contributed by atoms with E-state index in [-0.39, 0.29) is 5.92 Å². The summed E-state index contributed by atoms with van der Waals surface area (Å²) < 4.78 is 6.17. The van der Waals surface area contributed by atoms with Gasteiger partial charge in [0.25, 0.3) is 0 Å². The van der Waals surface area contributed by atoms with Gasteiger partial charge in [-0.3, -0.25) is 4.79 Å². The lowest BCUT2D eigenvalue weighted by Crippen LogP contribution is -2.32. The van der Waals surface area contributed by atoms with E-state index in [1.54, 1.807) is 0 Å². The molecule has 25 heavy (non-hydrogen) atoms. The number of furan rings is 1. The fourth-order valence-corrected chi connectivity index (χ4v) is 8.47. The molecule has 3 atom stereocenters. The van der Waals surface area contributed by atoms with Crippen molar-refractivity contribution in [3.8, 4) is 0 Å². The molecule has 1 aliphatic rings. The lowest BCUT2D eigenvalue weighted by Gasteiger charge is -2.31. The van der Waals surface area contributed by atoms with Gasteiger partial charge in [-0.2, -0.15) is 0 Å². The summed E-state index contributed by atoms with van der Waals surface area (Å²) in [5, 5.41) is 0. The third-order valence-electron chi connectivity index (χ3n) is 5.33. The molecule has 0 radical (unpaired) electrons. The molecule has 0 bridgehead atoms. The van der Waals surface area contributed by atoms with Crippen LogP contribution in [0.1, 0.15) is 43.6 Å². The Hall–Kier alpha value is -0.616. The van der Waals surface area contributed by atoms with Gasteiger partial charge in [0.15, 0.2) is 0 Å². The van der Waals surface area contributed by atoms with Crippen LogP contribution in [0.15, 0.2) is 16.5 Å². The van der Waals surface area contributed by atoms with E-state index in [9.17, 15) is 4.79 Å². The highest BCUT2D eigenvalue weighted by Crippen LogP contribution is 2.48. The van der Waals surface area contributed by atoms with Crippen LogP contribution >= 0.6 is 0 Å². The minimum absolute atomic E-state index is 0.0171. The van der Waals surface area contributed by atoms with Gasteiger partial charge in [0.2, 0.25) is 0 Å². The van der Waals surface area contributed by atoms with Crippen molar-refractivity contribution in [1.29, 1.82) is 0 Å². The van der Waals surface area contributed by atoms with Crippen LogP contribution in [0.2, 0.25) is 51.4 Å². The molecule has 2 rings (SSSR count). The average Bonchev–Trinajstić information content (AvgIpc) is 2.99. The third kappa shape index (κ3) is 5.95. The fraction of sp³-hybridized carbons (Fsp3) is 0.762. The maximum Gasteiger partial charge on any atom is 0.144 e. The molecule has 0 aromatic carbocycles. The van der Waals surface area contributed by atoms with E-state index in [1.807, 2.05) is 0 Å². The lowest BCUT2D eigenvalue weighted by molar-refractivity contribution is -0.119. The smallest absolute Gasteiger partial charge is 0.144 e. The zero-order chi connectivity index (χ0) is 18.8. The van der Waals surface area contributed by atoms with Crippen molar-refractivity contribution >= 4 is 21.9 Å². The zero-order valence-corrected chi connectivity index (χ0v) is 19.4. The second kappa shape index (κ2) is 7.95. The van der Waals surface area contributed by atoms with Crippen molar-refractivity contribution in [1.82, 2.24) is 0 Å². The molecule has 0 spiro atoms. The quantitative estimate of drug-likeness (QED) is 0.478. The van der Waals surface area contributed by atoms with Crippen molar-refractivity contribution in [3.05, 3.63) is 23.7 Å². The van der Waals surface area contributed by atoms with Crippen LogP contribution < -0.4 is 0 Å². The van der Waals surface area contributed by atoms with Gasteiger partial charge in [-0.15, -0.1) is 0 Å². The molecular formula is C21H38O2Si2. The lowest BCUT2D eigenvalue weighted by atomic mass is 9.90. The summed E-state index contributed by atoms with van der Waals surface area (Å²) in [5.74, 6) is 3.53. The fourth-order valence-electron chi connectivity index (χ4n) is 4.47. The van der Waals surface area contributed by atoms with Crippen LogP contribution in [-0.4, -0.2) is 21.9 Å². The molecule has 1 aliphatic carbocycles. The SMILES string of the molecule is CCCCc1ccc([C@H]2C(=O)C[C@H](C[Si](C)(C)C)[C@@H]2C[Si](C)(C)C)o1. The highest BCUT2D eigenvalue weighted by atomic mass is 28.3. The molecule has 4 heteroatoms. The molecule has 0 aliphatic heterocycles. The summed E-state index contributed by atoms with van der Waals surface area (Å²) in [4.78, 5) is 13.0. The number of aryl methyl sites for hydroxylation is 1. The monoisotopic (exact) mass is 378 g/mol. The second-order valence-corrected chi connectivity index (χ2v) is 21.6. The summed E-state index contributed by atoms with van der Waals surface area (Å²) in [6.45, 7) is 16.8. The number of rotatable bonds is 8. The average molecular weight is 379 g/mol. The molecule has 142 valence electrons. The molecule has 0 saturated heterocycles. The van der Waals surface area contributed by atoms with E-state index in [4.69, 9.17) is 4.42 Å². The molecular weight excluding hydrogens is 340 g/mol. The van der Waals surface area contributed by atoms with Gasteiger partial charge < -0.3 is 4.42 Å². The first kappa shape index (κ1) is 20.7. The standard InChI is InChI=1S/C21H38O2Si2/c1-8-9-10-17-11-12-20(23-17)21-18(15-25(5,6)7)16(13-19(21)22)14-24(2,3)4/h11-12,16,18,21H,8-10,13-15H2,1-7H3/t16-,18+,21-/m1/s1. The number of hydrogen-bond acceptors (Lipinski definition) is 2. The van der Waals surface area contributed by atoms with Crippen LogP contribution in [0.25, 0.3) is 0 Å². The molecule has 1 fully saturated rings. The molecule has 1 aromatic rings. The van der Waals surface area contributed by atoms with Crippen molar-refractivity contribution in [2.45, 2.75) is 89.9 Å².